The van der Waals surface area contributed by atoms with Crippen LogP contribution < -0.4 is 5.43 Å². The van der Waals surface area contributed by atoms with E-state index in [4.69, 9.17) is 4.42 Å². The van der Waals surface area contributed by atoms with Crippen LogP contribution in [0.1, 0.15) is 21.0 Å². The number of nitrogens with zero attached hydrogens (tertiary/aromatic N) is 2. The Bertz CT molecular complexity index is 1050. The molecule has 7 heteroatoms. The molecule has 1 amide bonds. The Balaban J connectivity index is 1.45. The number of aryl methyl sites for hydroxylation is 1. The van der Waals surface area contributed by atoms with E-state index in [1.807, 2.05) is 13.0 Å². The van der Waals surface area contributed by atoms with Crippen LogP contribution in [0.5, 0.6) is 0 Å². The topological polar surface area (TPSA) is 53.8 Å². The molecule has 0 atom stereocenters. The molecule has 1 aliphatic rings. The number of hydrogen-bond donors (Lipinski definition) is 0. The number of carbonyl (C=O) groups is 1. The van der Waals surface area contributed by atoms with E-state index in [0.717, 1.165) is 29.0 Å². The zero-order valence-corrected chi connectivity index (χ0v) is 17.3. The molecule has 0 spiro atoms. The molecule has 0 N–H and O–H groups in total. The van der Waals surface area contributed by atoms with Gasteiger partial charge in [0.05, 0.1) is 9.17 Å². The molecule has 1 aromatic carbocycles. The molecule has 1 saturated heterocycles. The van der Waals surface area contributed by atoms with E-state index >= 15 is 0 Å². The van der Waals surface area contributed by atoms with E-state index < -0.39 is 0 Å². The molecule has 140 valence electrons. The molecule has 3 aromatic rings. The Morgan fingerprint density at radius 2 is 1.93 bits per heavy atom. The van der Waals surface area contributed by atoms with Crippen molar-refractivity contribution in [3.05, 3.63) is 66.6 Å². The van der Waals surface area contributed by atoms with Crippen molar-refractivity contribution >= 4 is 44.1 Å². The smallest absolute Gasteiger partial charge is 0.289 e. The quantitative estimate of drug-likeness (QED) is 0.612. The van der Waals surface area contributed by atoms with Crippen LogP contribution in [0.15, 0.2) is 49.4 Å². The molecule has 1 fully saturated rings. The molecule has 1 aliphatic heterocycles. The minimum atomic E-state index is -0.215. The molecule has 0 unspecified atom stereocenters. The summed E-state index contributed by atoms with van der Waals surface area (Å²) in [5.41, 5.74) is 1.27. The molecule has 5 nitrogen and oxygen atoms in total. The maximum atomic E-state index is 12.8. The van der Waals surface area contributed by atoms with Gasteiger partial charge in [0.1, 0.15) is 5.58 Å². The molecule has 0 bridgehead atoms. The predicted molar refractivity (Wildman–Crippen MR) is 110 cm³/mol. The lowest BCUT2D eigenvalue weighted by Crippen LogP contribution is -2.48. The van der Waals surface area contributed by atoms with Gasteiger partial charge in [0, 0.05) is 43.7 Å². The van der Waals surface area contributed by atoms with Crippen molar-refractivity contribution in [1.82, 2.24) is 9.80 Å². The van der Waals surface area contributed by atoms with E-state index in [-0.39, 0.29) is 17.1 Å². The van der Waals surface area contributed by atoms with Crippen molar-refractivity contribution in [1.29, 1.82) is 0 Å². The summed E-state index contributed by atoms with van der Waals surface area (Å²) in [7, 11) is 0. The summed E-state index contributed by atoms with van der Waals surface area (Å²) >= 11 is 5.22. The Hall–Kier alpha value is -1.96. The van der Waals surface area contributed by atoms with Crippen molar-refractivity contribution in [3.63, 3.8) is 0 Å². The molecule has 3 heterocycles. The number of carbonyl (C=O) groups excluding carboxylic acids is 1. The Labute approximate surface area is 169 Å². The SMILES string of the molecule is Cc1ccc2oc(C(=O)N3CCN(Cc4ccc(Br)s4)CC3)cc(=O)c2c1. The van der Waals surface area contributed by atoms with Gasteiger partial charge in [0.2, 0.25) is 0 Å². The highest BCUT2D eigenvalue weighted by Crippen LogP contribution is 2.24. The fourth-order valence-electron chi connectivity index (χ4n) is 3.30. The van der Waals surface area contributed by atoms with Crippen molar-refractivity contribution in [3.8, 4) is 0 Å². The van der Waals surface area contributed by atoms with Gasteiger partial charge in [-0.15, -0.1) is 11.3 Å². The molecular weight excluding hydrogens is 428 g/mol. The van der Waals surface area contributed by atoms with Crippen LogP contribution >= 0.6 is 27.3 Å². The van der Waals surface area contributed by atoms with Crippen LogP contribution in [0.4, 0.5) is 0 Å². The number of fused-ring (bicyclic) bond motifs is 1. The fraction of sp³-hybridized carbons (Fsp3) is 0.300. The second-order valence-corrected chi connectivity index (χ2v) is 9.30. The first-order chi connectivity index (χ1) is 13.0. The standard InChI is InChI=1S/C20H19BrN2O3S/c1-13-2-4-17-15(10-13)16(24)11-18(26-17)20(25)23-8-6-22(7-9-23)12-14-3-5-19(21)27-14/h2-5,10-11H,6-9,12H2,1H3. The van der Waals surface area contributed by atoms with Crippen LogP contribution in [0.25, 0.3) is 11.0 Å². The second-order valence-electron chi connectivity index (χ2n) is 6.75. The summed E-state index contributed by atoms with van der Waals surface area (Å²) in [5.74, 6) is -0.0971. The molecular formula is C20H19BrN2O3S. The van der Waals surface area contributed by atoms with E-state index in [1.54, 1.807) is 28.4 Å². The van der Waals surface area contributed by atoms with Crippen LogP contribution in [0, 0.1) is 6.92 Å². The van der Waals surface area contributed by atoms with Gasteiger partial charge in [-0.05, 0) is 47.1 Å². The van der Waals surface area contributed by atoms with Crippen LogP contribution in [0.2, 0.25) is 0 Å². The highest BCUT2D eigenvalue weighted by molar-refractivity contribution is 9.11. The first-order valence-corrected chi connectivity index (χ1v) is 10.4. The third kappa shape index (κ3) is 4.00. The average molecular weight is 447 g/mol. The summed E-state index contributed by atoms with van der Waals surface area (Å²) in [6, 6.07) is 10.9. The Morgan fingerprint density at radius 3 is 2.63 bits per heavy atom. The largest absolute Gasteiger partial charge is 0.451 e. The molecule has 0 radical (unpaired) electrons. The van der Waals surface area contributed by atoms with Crippen molar-refractivity contribution in [2.75, 3.05) is 26.2 Å². The predicted octanol–water partition coefficient (Wildman–Crippen LogP) is 3.88. The molecule has 2 aromatic heterocycles. The molecule has 4 rings (SSSR count). The fourth-order valence-corrected chi connectivity index (χ4v) is 4.82. The number of thiophene rings is 1. The third-order valence-corrected chi connectivity index (χ3v) is 6.37. The van der Waals surface area contributed by atoms with Crippen LogP contribution in [-0.4, -0.2) is 41.9 Å². The first kappa shape index (κ1) is 18.4. The number of piperazine rings is 1. The minimum absolute atomic E-state index is 0.118. The number of hydrogen-bond acceptors (Lipinski definition) is 5. The van der Waals surface area contributed by atoms with Crippen LogP contribution in [0.3, 0.4) is 0 Å². The van der Waals surface area contributed by atoms with E-state index in [9.17, 15) is 9.59 Å². The first-order valence-electron chi connectivity index (χ1n) is 8.80. The van der Waals surface area contributed by atoms with Gasteiger partial charge in [-0.1, -0.05) is 11.6 Å². The van der Waals surface area contributed by atoms with E-state index in [0.29, 0.717) is 24.1 Å². The lowest BCUT2D eigenvalue weighted by molar-refractivity contribution is 0.0599. The zero-order chi connectivity index (χ0) is 19.0. The Kier molecular flexibility index (Phi) is 5.16. The van der Waals surface area contributed by atoms with Gasteiger partial charge in [-0.2, -0.15) is 0 Å². The number of benzene rings is 1. The Morgan fingerprint density at radius 1 is 1.15 bits per heavy atom. The van der Waals surface area contributed by atoms with Crippen molar-refractivity contribution in [2.24, 2.45) is 0 Å². The minimum Gasteiger partial charge on any atom is -0.451 e. The lowest BCUT2D eigenvalue weighted by atomic mass is 10.1. The maximum Gasteiger partial charge on any atom is 0.289 e. The zero-order valence-electron chi connectivity index (χ0n) is 14.9. The second kappa shape index (κ2) is 7.58. The number of halogens is 1. The summed E-state index contributed by atoms with van der Waals surface area (Å²) in [4.78, 5) is 30.6. The van der Waals surface area contributed by atoms with Gasteiger partial charge in [0.15, 0.2) is 11.2 Å². The van der Waals surface area contributed by atoms with Crippen molar-refractivity contribution < 1.29 is 9.21 Å². The monoisotopic (exact) mass is 446 g/mol. The van der Waals surface area contributed by atoms with E-state index in [1.165, 1.54) is 10.9 Å². The van der Waals surface area contributed by atoms with Gasteiger partial charge in [-0.3, -0.25) is 14.5 Å². The van der Waals surface area contributed by atoms with Crippen LogP contribution in [-0.2, 0) is 6.54 Å². The van der Waals surface area contributed by atoms with E-state index in [2.05, 4.69) is 33.0 Å². The summed E-state index contributed by atoms with van der Waals surface area (Å²) in [5, 5.41) is 0.512. The average Bonchev–Trinajstić information content (AvgIpc) is 3.07. The van der Waals surface area contributed by atoms with Gasteiger partial charge >= 0.3 is 0 Å². The third-order valence-electron chi connectivity index (χ3n) is 4.76. The number of amides is 1. The highest BCUT2D eigenvalue weighted by Gasteiger charge is 2.24. The number of rotatable bonds is 3. The lowest BCUT2D eigenvalue weighted by Gasteiger charge is -2.34. The molecule has 27 heavy (non-hydrogen) atoms. The van der Waals surface area contributed by atoms with Crippen molar-refractivity contribution in [2.45, 2.75) is 13.5 Å². The molecule has 0 aliphatic carbocycles. The van der Waals surface area contributed by atoms with Gasteiger partial charge < -0.3 is 9.32 Å². The summed E-state index contributed by atoms with van der Waals surface area (Å²) < 4.78 is 6.86. The summed E-state index contributed by atoms with van der Waals surface area (Å²) in [6.45, 7) is 5.67. The van der Waals surface area contributed by atoms with Gasteiger partial charge in [0.25, 0.3) is 5.91 Å². The highest BCUT2D eigenvalue weighted by atomic mass is 79.9. The summed E-state index contributed by atoms with van der Waals surface area (Å²) in [6.07, 6.45) is 0. The normalized spacial score (nSPS) is 15.4. The van der Waals surface area contributed by atoms with Gasteiger partial charge in [-0.25, -0.2) is 0 Å². The maximum absolute atomic E-state index is 12.8. The molecule has 0 saturated carbocycles.